The van der Waals surface area contributed by atoms with E-state index in [0.717, 1.165) is 12.7 Å². The molecule has 1 fully saturated rings. The molecule has 1 aliphatic carbocycles. The minimum Gasteiger partial charge on any atom is -0.481 e. The molecule has 0 atom stereocenters. The molecule has 9 heteroatoms. The van der Waals surface area contributed by atoms with Gasteiger partial charge in [-0.05, 0) is 12.8 Å². The Bertz CT molecular complexity index is 517. The first-order valence-electron chi connectivity index (χ1n) is 5.45. The van der Waals surface area contributed by atoms with E-state index in [1.54, 1.807) is 0 Å². The molecule has 1 aliphatic rings. The number of carboxylic acids is 1. The molecule has 0 unspecified atom stereocenters. The molecular weight excluding hydrogens is 282 g/mol. The first-order valence-corrected chi connectivity index (χ1v) is 9.16. The third-order valence-corrected chi connectivity index (χ3v) is 5.65. The molecule has 0 heterocycles. The van der Waals surface area contributed by atoms with E-state index in [-0.39, 0.29) is 6.54 Å². The van der Waals surface area contributed by atoms with Gasteiger partial charge < -0.3 is 5.11 Å². The Morgan fingerprint density at radius 2 is 1.78 bits per heavy atom. The summed E-state index contributed by atoms with van der Waals surface area (Å²) in [5.74, 6) is -2.02. The number of carbonyl (C=O) groups is 1. The molecule has 7 nitrogen and oxygen atoms in total. The van der Waals surface area contributed by atoms with Crippen LogP contribution in [0.15, 0.2) is 0 Å². The van der Waals surface area contributed by atoms with E-state index in [4.69, 9.17) is 5.11 Å². The summed E-state index contributed by atoms with van der Waals surface area (Å²) in [6, 6.07) is 0. The summed E-state index contributed by atoms with van der Waals surface area (Å²) < 4.78 is 47.0. The summed E-state index contributed by atoms with van der Waals surface area (Å²) in [7, 11) is -7.10. The van der Waals surface area contributed by atoms with Crippen LogP contribution in [-0.4, -0.2) is 52.2 Å². The van der Waals surface area contributed by atoms with Crippen molar-refractivity contribution in [2.75, 3.05) is 24.3 Å². The van der Waals surface area contributed by atoms with E-state index in [1.807, 2.05) is 0 Å². The van der Waals surface area contributed by atoms with Crippen molar-refractivity contribution in [3.8, 4) is 0 Å². The van der Waals surface area contributed by atoms with Crippen molar-refractivity contribution in [2.24, 2.45) is 5.41 Å². The van der Waals surface area contributed by atoms with Crippen LogP contribution < -0.4 is 4.72 Å². The maximum Gasteiger partial charge on any atom is 0.310 e. The quantitative estimate of drug-likeness (QED) is 0.636. The Balaban J connectivity index is 2.54. The number of sulfone groups is 1. The summed E-state index contributed by atoms with van der Waals surface area (Å²) in [5, 5.41) is 9.01. The van der Waals surface area contributed by atoms with Crippen LogP contribution in [0, 0.1) is 5.41 Å². The minimum absolute atomic E-state index is 0.172. The van der Waals surface area contributed by atoms with Gasteiger partial charge in [0, 0.05) is 12.8 Å². The SMILES string of the molecule is CS(=O)(=O)CCS(=O)(=O)NCC1(C(=O)O)CCC1. The molecule has 0 aliphatic heterocycles. The van der Waals surface area contributed by atoms with Crippen molar-refractivity contribution in [3.05, 3.63) is 0 Å². The van der Waals surface area contributed by atoms with E-state index >= 15 is 0 Å². The highest BCUT2D eigenvalue weighted by atomic mass is 32.2. The Labute approximate surface area is 107 Å². The summed E-state index contributed by atoms with van der Waals surface area (Å²) in [4.78, 5) is 11.0. The number of carboxylic acid groups (broad SMARTS) is 1. The second-order valence-electron chi connectivity index (χ2n) is 4.71. The molecule has 0 saturated heterocycles. The van der Waals surface area contributed by atoms with Crippen molar-refractivity contribution in [3.63, 3.8) is 0 Å². The number of nitrogens with one attached hydrogen (secondary N) is 1. The number of sulfonamides is 1. The molecule has 18 heavy (non-hydrogen) atoms. The van der Waals surface area contributed by atoms with Crippen molar-refractivity contribution < 1.29 is 26.7 Å². The summed E-state index contributed by atoms with van der Waals surface area (Å²) in [6.07, 6.45) is 2.60. The molecule has 2 N–H and O–H groups in total. The molecule has 0 radical (unpaired) electrons. The van der Waals surface area contributed by atoms with Crippen molar-refractivity contribution in [1.82, 2.24) is 4.72 Å². The second-order valence-corrected chi connectivity index (χ2v) is 8.90. The first kappa shape index (κ1) is 15.4. The van der Waals surface area contributed by atoms with Crippen LogP contribution in [0.1, 0.15) is 19.3 Å². The maximum absolute atomic E-state index is 11.5. The molecule has 106 valence electrons. The van der Waals surface area contributed by atoms with Crippen LogP contribution >= 0.6 is 0 Å². The maximum atomic E-state index is 11.5. The van der Waals surface area contributed by atoms with Crippen molar-refractivity contribution >= 4 is 25.8 Å². The summed E-state index contributed by atoms with van der Waals surface area (Å²) >= 11 is 0. The highest BCUT2D eigenvalue weighted by Gasteiger charge is 2.44. The first-order chi connectivity index (χ1) is 8.06. The molecule has 0 spiro atoms. The van der Waals surface area contributed by atoms with E-state index in [2.05, 4.69) is 4.72 Å². The molecule has 0 amide bonds. The molecular formula is C9H17NO6S2. The standard InChI is InChI=1S/C9H17NO6S2/c1-17(13,14)5-6-18(15,16)10-7-9(8(11)12)3-2-4-9/h10H,2-7H2,1H3,(H,11,12). The molecule has 1 saturated carbocycles. The lowest BCUT2D eigenvalue weighted by Crippen LogP contribution is -2.48. The zero-order valence-electron chi connectivity index (χ0n) is 10.0. The van der Waals surface area contributed by atoms with Gasteiger partial charge in [-0.2, -0.15) is 0 Å². The second kappa shape index (κ2) is 5.14. The van der Waals surface area contributed by atoms with Crippen LogP contribution in [-0.2, 0) is 24.7 Å². The van der Waals surface area contributed by atoms with E-state index < -0.39 is 42.8 Å². The lowest BCUT2D eigenvalue weighted by atomic mass is 9.69. The highest BCUT2D eigenvalue weighted by Crippen LogP contribution is 2.40. The smallest absolute Gasteiger partial charge is 0.310 e. The summed E-state index contributed by atoms with van der Waals surface area (Å²) in [6.45, 7) is -0.172. The lowest BCUT2D eigenvalue weighted by molar-refractivity contribution is -0.153. The topological polar surface area (TPSA) is 118 Å². The average molecular weight is 299 g/mol. The van der Waals surface area contributed by atoms with Gasteiger partial charge in [-0.15, -0.1) is 0 Å². The number of aliphatic carboxylic acids is 1. The fourth-order valence-corrected chi connectivity index (χ4v) is 4.38. The number of hydrogen-bond donors (Lipinski definition) is 2. The molecule has 0 aromatic rings. The molecule has 0 aromatic carbocycles. The van der Waals surface area contributed by atoms with Crippen molar-refractivity contribution in [2.45, 2.75) is 19.3 Å². The van der Waals surface area contributed by atoms with Gasteiger partial charge in [-0.3, -0.25) is 4.79 Å². The number of hydrogen-bond acceptors (Lipinski definition) is 5. The Hall–Kier alpha value is -0.670. The van der Waals surface area contributed by atoms with Gasteiger partial charge >= 0.3 is 5.97 Å². The van der Waals surface area contributed by atoms with Gasteiger partial charge in [-0.25, -0.2) is 21.6 Å². The van der Waals surface area contributed by atoms with Gasteiger partial charge in [-0.1, -0.05) is 6.42 Å². The lowest BCUT2D eigenvalue weighted by Gasteiger charge is -2.37. The van der Waals surface area contributed by atoms with Gasteiger partial charge in [0.1, 0.15) is 9.84 Å². The number of rotatable bonds is 7. The fraction of sp³-hybridized carbons (Fsp3) is 0.889. The van der Waals surface area contributed by atoms with Crippen molar-refractivity contribution in [1.29, 1.82) is 0 Å². The van der Waals surface area contributed by atoms with E-state index in [9.17, 15) is 21.6 Å². The minimum atomic E-state index is -3.75. The van der Waals surface area contributed by atoms with Crippen LogP contribution in [0.2, 0.25) is 0 Å². The van der Waals surface area contributed by atoms with Crippen LogP contribution in [0.5, 0.6) is 0 Å². The third-order valence-electron chi connectivity index (χ3n) is 3.12. The van der Waals surface area contributed by atoms with E-state index in [0.29, 0.717) is 12.8 Å². The van der Waals surface area contributed by atoms with Gasteiger partial charge in [0.05, 0.1) is 16.9 Å². The van der Waals surface area contributed by atoms with Gasteiger partial charge in [0.2, 0.25) is 10.0 Å². The normalized spacial score (nSPS) is 19.2. The van der Waals surface area contributed by atoms with Crippen LogP contribution in [0.25, 0.3) is 0 Å². The third kappa shape index (κ3) is 4.21. The Morgan fingerprint density at radius 1 is 1.22 bits per heavy atom. The summed E-state index contributed by atoms with van der Waals surface area (Å²) in [5.41, 5.74) is -1.02. The van der Waals surface area contributed by atoms with Gasteiger partial charge in [0.25, 0.3) is 0 Å². The fourth-order valence-electron chi connectivity index (χ4n) is 1.65. The zero-order chi connectivity index (χ0) is 14.0. The van der Waals surface area contributed by atoms with E-state index in [1.165, 1.54) is 0 Å². The monoisotopic (exact) mass is 299 g/mol. The Morgan fingerprint density at radius 3 is 2.11 bits per heavy atom. The Kier molecular flexibility index (Phi) is 4.39. The predicted molar refractivity (Wildman–Crippen MR) is 65.4 cm³/mol. The zero-order valence-corrected chi connectivity index (χ0v) is 11.7. The predicted octanol–water partition coefficient (Wildman–Crippen LogP) is -0.795. The molecule has 0 aromatic heterocycles. The largest absolute Gasteiger partial charge is 0.481 e. The molecule has 1 rings (SSSR count). The molecule has 0 bridgehead atoms. The van der Waals surface area contributed by atoms with Crippen LogP contribution in [0.4, 0.5) is 0 Å². The highest BCUT2D eigenvalue weighted by molar-refractivity contribution is 7.93. The average Bonchev–Trinajstić information content (AvgIpc) is 2.11. The van der Waals surface area contributed by atoms with Gasteiger partial charge in [0.15, 0.2) is 0 Å². The van der Waals surface area contributed by atoms with Crippen LogP contribution in [0.3, 0.4) is 0 Å².